The van der Waals surface area contributed by atoms with Gasteiger partial charge in [-0.3, -0.25) is 4.21 Å². The molecule has 0 aliphatic rings. The average Bonchev–Trinajstić information content (AvgIpc) is 2.38. The number of benzene rings is 1. The third-order valence-corrected chi connectivity index (χ3v) is 3.73. The maximum Gasteiger partial charge on any atom is 0.330 e. The lowest BCUT2D eigenvalue weighted by molar-refractivity contribution is -0.134. The van der Waals surface area contributed by atoms with E-state index in [-0.39, 0.29) is 11.3 Å². The Hall–Kier alpha value is -1.49. The number of carbonyl (C=O) groups excluding carboxylic acids is 1. The van der Waals surface area contributed by atoms with Crippen LogP contribution in [0.5, 0.6) is 0 Å². The average molecular weight is 270 g/mol. The summed E-state index contributed by atoms with van der Waals surface area (Å²) < 4.78 is 29.0. The number of aryl methyl sites for hydroxylation is 1. The van der Waals surface area contributed by atoms with E-state index < -0.39 is 23.4 Å². The lowest BCUT2D eigenvalue weighted by Crippen LogP contribution is -2.06. The van der Waals surface area contributed by atoms with Gasteiger partial charge >= 0.3 is 5.97 Å². The van der Waals surface area contributed by atoms with E-state index in [9.17, 15) is 13.4 Å². The first-order valence-corrected chi connectivity index (χ1v) is 6.67. The summed E-state index contributed by atoms with van der Waals surface area (Å²) in [5.74, 6) is -0.641. The van der Waals surface area contributed by atoms with Crippen LogP contribution in [0, 0.1) is 6.92 Å². The fourth-order valence-corrected chi connectivity index (χ4v) is 2.39. The molecule has 1 atom stereocenters. The lowest BCUT2D eigenvalue weighted by Gasteiger charge is -2.04. The Morgan fingerprint density at radius 1 is 1.39 bits per heavy atom. The van der Waals surface area contributed by atoms with E-state index in [1.807, 2.05) is 19.1 Å². The smallest absolute Gasteiger partial charge is 0.330 e. The van der Waals surface area contributed by atoms with Crippen LogP contribution in [-0.2, 0) is 20.3 Å². The van der Waals surface area contributed by atoms with E-state index in [1.165, 1.54) is 7.11 Å². The van der Waals surface area contributed by atoms with Gasteiger partial charge in [0.2, 0.25) is 0 Å². The standard InChI is InChI=1S/C13H15FO3S/c1-10-3-5-12(6-4-10)18(16)9-11(8-14)7-13(15)17-2/h3-7H,8-9H2,1-2H3/b11-7-. The van der Waals surface area contributed by atoms with E-state index in [0.717, 1.165) is 11.6 Å². The first-order chi connectivity index (χ1) is 8.56. The van der Waals surface area contributed by atoms with Crippen LogP contribution in [0.15, 0.2) is 40.8 Å². The third-order valence-electron chi connectivity index (χ3n) is 2.30. The molecule has 0 aliphatic carbocycles. The molecule has 1 aromatic rings. The van der Waals surface area contributed by atoms with Crippen molar-refractivity contribution in [1.29, 1.82) is 0 Å². The molecular weight excluding hydrogens is 255 g/mol. The Labute approximate surface area is 108 Å². The van der Waals surface area contributed by atoms with Crippen molar-refractivity contribution in [2.45, 2.75) is 11.8 Å². The van der Waals surface area contributed by atoms with E-state index in [1.54, 1.807) is 12.1 Å². The van der Waals surface area contributed by atoms with E-state index in [0.29, 0.717) is 4.90 Å². The van der Waals surface area contributed by atoms with Crippen LogP contribution < -0.4 is 0 Å². The van der Waals surface area contributed by atoms with Crippen molar-refractivity contribution in [3.63, 3.8) is 0 Å². The van der Waals surface area contributed by atoms with Crippen LogP contribution >= 0.6 is 0 Å². The molecule has 0 bridgehead atoms. The van der Waals surface area contributed by atoms with Gasteiger partial charge < -0.3 is 4.74 Å². The van der Waals surface area contributed by atoms with Gasteiger partial charge in [-0.2, -0.15) is 0 Å². The molecule has 1 aromatic carbocycles. The molecule has 0 fully saturated rings. The molecule has 3 nitrogen and oxygen atoms in total. The van der Waals surface area contributed by atoms with Crippen molar-refractivity contribution < 1.29 is 18.1 Å². The minimum absolute atomic E-state index is 0.00530. The number of alkyl halides is 1. The molecule has 0 aliphatic heterocycles. The number of rotatable bonds is 5. The molecule has 0 spiro atoms. The molecule has 0 radical (unpaired) electrons. The van der Waals surface area contributed by atoms with Crippen molar-refractivity contribution in [2.75, 3.05) is 19.5 Å². The quantitative estimate of drug-likeness (QED) is 0.608. The molecular formula is C13H15FO3S. The van der Waals surface area contributed by atoms with Crippen molar-refractivity contribution >= 4 is 16.8 Å². The number of halogens is 1. The predicted molar refractivity (Wildman–Crippen MR) is 68.5 cm³/mol. The Bertz CT molecular complexity index is 466. The second-order valence-electron chi connectivity index (χ2n) is 3.76. The SMILES string of the molecule is COC(=O)/C=C(/CF)CS(=O)c1ccc(C)cc1. The molecule has 0 saturated heterocycles. The normalized spacial score (nSPS) is 13.2. The van der Waals surface area contributed by atoms with Crippen LogP contribution in [-0.4, -0.2) is 29.7 Å². The summed E-state index contributed by atoms with van der Waals surface area (Å²) in [6.07, 6.45) is 1.05. The summed E-state index contributed by atoms with van der Waals surface area (Å²) in [4.78, 5) is 11.6. The third kappa shape index (κ3) is 4.41. The number of ether oxygens (including phenoxy) is 1. The van der Waals surface area contributed by atoms with Gasteiger partial charge in [0.05, 0.1) is 23.7 Å². The van der Waals surface area contributed by atoms with Gasteiger partial charge in [-0.15, -0.1) is 0 Å². The highest BCUT2D eigenvalue weighted by Crippen LogP contribution is 2.11. The van der Waals surface area contributed by atoms with Crippen molar-refractivity contribution in [2.24, 2.45) is 0 Å². The maximum atomic E-state index is 12.7. The molecule has 0 aromatic heterocycles. The molecule has 0 amide bonds. The summed E-state index contributed by atoms with van der Waals surface area (Å²) in [5.41, 5.74) is 1.23. The van der Waals surface area contributed by atoms with Gasteiger partial charge in [0.15, 0.2) is 0 Å². The fourth-order valence-electron chi connectivity index (χ4n) is 1.29. The zero-order chi connectivity index (χ0) is 13.5. The summed E-state index contributed by atoms with van der Waals surface area (Å²) >= 11 is 0. The van der Waals surface area contributed by atoms with Gasteiger partial charge in [-0.1, -0.05) is 17.7 Å². The van der Waals surface area contributed by atoms with Crippen LogP contribution in [0.25, 0.3) is 0 Å². The summed E-state index contributed by atoms with van der Waals surface area (Å²) in [6, 6.07) is 7.15. The molecule has 5 heteroatoms. The highest BCUT2D eigenvalue weighted by atomic mass is 32.2. The summed E-state index contributed by atoms with van der Waals surface area (Å²) in [6.45, 7) is 1.11. The second-order valence-corrected chi connectivity index (χ2v) is 5.21. The first-order valence-electron chi connectivity index (χ1n) is 5.35. The monoisotopic (exact) mass is 270 g/mol. The van der Waals surface area contributed by atoms with Crippen LogP contribution in [0.1, 0.15) is 5.56 Å². The van der Waals surface area contributed by atoms with E-state index in [2.05, 4.69) is 4.74 Å². The minimum Gasteiger partial charge on any atom is -0.466 e. The van der Waals surface area contributed by atoms with Crippen molar-refractivity contribution in [1.82, 2.24) is 0 Å². The van der Waals surface area contributed by atoms with Crippen molar-refractivity contribution in [3.8, 4) is 0 Å². The van der Waals surface area contributed by atoms with Crippen LogP contribution in [0.2, 0.25) is 0 Å². The molecule has 1 unspecified atom stereocenters. The topological polar surface area (TPSA) is 43.4 Å². The number of carbonyl (C=O) groups is 1. The minimum atomic E-state index is -1.36. The Morgan fingerprint density at radius 3 is 2.50 bits per heavy atom. The van der Waals surface area contributed by atoms with E-state index >= 15 is 0 Å². The highest BCUT2D eigenvalue weighted by molar-refractivity contribution is 7.85. The maximum absolute atomic E-state index is 12.7. The van der Waals surface area contributed by atoms with Crippen LogP contribution in [0.4, 0.5) is 4.39 Å². The van der Waals surface area contributed by atoms with Crippen LogP contribution in [0.3, 0.4) is 0 Å². The lowest BCUT2D eigenvalue weighted by atomic mass is 10.2. The predicted octanol–water partition coefficient (Wildman–Crippen LogP) is 2.17. The molecule has 0 heterocycles. The van der Waals surface area contributed by atoms with Gasteiger partial charge in [0.1, 0.15) is 6.67 Å². The Morgan fingerprint density at radius 2 is 2.00 bits per heavy atom. The van der Waals surface area contributed by atoms with Crippen molar-refractivity contribution in [3.05, 3.63) is 41.5 Å². The molecule has 0 N–H and O–H groups in total. The Balaban J connectivity index is 2.76. The number of hydrogen-bond acceptors (Lipinski definition) is 3. The molecule has 98 valence electrons. The zero-order valence-corrected chi connectivity index (χ0v) is 11.1. The molecule has 0 saturated carbocycles. The second kappa shape index (κ2) is 7.06. The Kier molecular flexibility index (Phi) is 5.71. The largest absolute Gasteiger partial charge is 0.466 e. The van der Waals surface area contributed by atoms with Gasteiger partial charge in [0.25, 0.3) is 0 Å². The van der Waals surface area contributed by atoms with Gasteiger partial charge in [-0.25, -0.2) is 9.18 Å². The number of esters is 1. The number of methoxy groups -OCH3 is 1. The molecule has 1 rings (SSSR count). The summed E-state index contributed by atoms with van der Waals surface area (Å²) in [5, 5.41) is 0. The highest BCUT2D eigenvalue weighted by Gasteiger charge is 2.09. The molecule has 18 heavy (non-hydrogen) atoms. The first kappa shape index (κ1) is 14.6. The zero-order valence-electron chi connectivity index (χ0n) is 10.3. The fraction of sp³-hybridized carbons (Fsp3) is 0.308. The van der Waals surface area contributed by atoms with Gasteiger partial charge in [0, 0.05) is 11.0 Å². The van der Waals surface area contributed by atoms with E-state index in [4.69, 9.17) is 0 Å². The van der Waals surface area contributed by atoms with Gasteiger partial charge in [-0.05, 0) is 24.6 Å². The summed E-state index contributed by atoms with van der Waals surface area (Å²) in [7, 11) is -0.142. The number of hydrogen-bond donors (Lipinski definition) is 0.